The molecule has 1 unspecified atom stereocenters. The summed E-state index contributed by atoms with van der Waals surface area (Å²) >= 11 is 8.57. The molecule has 1 atom stereocenters. The Bertz CT molecular complexity index is 490. The first-order valence-electron chi connectivity index (χ1n) is 5.10. The quantitative estimate of drug-likeness (QED) is 0.843. The Hall–Kier alpha value is -0.0500. The van der Waals surface area contributed by atoms with Crippen LogP contribution in [0.15, 0.2) is 0 Å². The summed E-state index contributed by atoms with van der Waals surface area (Å²) < 4.78 is 32.0. The van der Waals surface area contributed by atoms with Gasteiger partial charge in [0, 0.05) is 23.8 Å². The van der Waals surface area contributed by atoms with E-state index in [4.69, 9.17) is 11.6 Å². The summed E-state index contributed by atoms with van der Waals surface area (Å²) in [5.74, 6) is 2.07. The van der Waals surface area contributed by atoms with Gasteiger partial charge in [0.15, 0.2) is 20.8 Å². The molecule has 1 saturated heterocycles. The molecule has 0 aliphatic carbocycles. The van der Waals surface area contributed by atoms with Crippen LogP contribution < -0.4 is 4.90 Å². The van der Waals surface area contributed by atoms with Crippen LogP contribution in [0.5, 0.6) is 0 Å². The second-order valence-corrected chi connectivity index (χ2v) is 8.04. The highest BCUT2D eigenvalue weighted by molar-refractivity contribution is 8.01. The van der Waals surface area contributed by atoms with E-state index in [0.29, 0.717) is 23.3 Å². The fourth-order valence-corrected chi connectivity index (χ4v) is 5.38. The molecule has 0 amide bonds. The van der Waals surface area contributed by atoms with Crippen LogP contribution in [-0.2, 0) is 9.84 Å². The molecule has 1 fully saturated rings. The Kier molecular flexibility index (Phi) is 4.17. The van der Waals surface area contributed by atoms with E-state index in [1.807, 2.05) is 0 Å². The van der Waals surface area contributed by atoms with Crippen molar-refractivity contribution in [3.63, 3.8) is 0 Å². The summed E-state index contributed by atoms with van der Waals surface area (Å²) in [4.78, 5) is 1.77. The van der Waals surface area contributed by atoms with Gasteiger partial charge in [-0.1, -0.05) is 18.5 Å². The molecule has 9 heteroatoms. The van der Waals surface area contributed by atoms with Gasteiger partial charge in [-0.2, -0.15) is 20.5 Å². The first kappa shape index (κ1) is 13.4. The normalized spacial score (nSPS) is 21.8. The molecule has 5 nitrogen and oxygen atoms in total. The number of halogens is 1. The molecule has 1 aliphatic rings. The highest BCUT2D eigenvalue weighted by Crippen LogP contribution is 2.30. The largest absolute Gasteiger partial charge is 0.335 e. The summed E-state index contributed by atoms with van der Waals surface area (Å²) in [6, 6.07) is 0. The van der Waals surface area contributed by atoms with Crippen molar-refractivity contribution >= 4 is 50.7 Å². The zero-order valence-corrected chi connectivity index (χ0v) is 12.4. The predicted molar refractivity (Wildman–Crippen MR) is 72.8 cm³/mol. The van der Waals surface area contributed by atoms with Crippen molar-refractivity contribution in [1.29, 1.82) is 0 Å². The Morgan fingerprint density at radius 1 is 1.53 bits per heavy atom. The van der Waals surface area contributed by atoms with Gasteiger partial charge < -0.3 is 4.90 Å². The highest BCUT2D eigenvalue weighted by Gasteiger charge is 2.35. The maximum atomic E-state index is 12.0. The van der Waals surface area contributed by atoms with Crippen LogP contribution in [0.2, 0.25) is 5.15 Å². The average Bonchev–Trinajstić information content (AvgIpc) is 2.75. The summed E-state index contributed by atoms with van der Waals surface area (Å²) in [6.07, 6.45) is 0. The summed E-state index contributed by atoms with van der Waals surface area (Å²) in [5.41, 5.74) is 0. The second-order valence-electron chi connectivity index (χ2n) is 3.55. The smallest absolute Gasteiger partial charge is 0.187 e. The molecule has 0 N–H and O–H groups in total. The lowest BCUT2D eigenvalue weighted by Crippen LogP contribution is -2.48. The minimum absolute atomic E-state index is 0.129. The fraction of sp³-hybridized carbons (Fsp3) is 0.750. The van der Waals surface area contributed by atoms with Gasteiger partial charge in [-0.25, -0.2) is 8.42 Å². The van der Waals surface area contributed by atoms with Crippen LogP contribution in [0.25, 0.3) is 0 Å². The van der Waals surface area contributed by atoms with E-state index >= 15 is 0 Å². The van der Waals surface area contributed by atoms with Gasteiger partial charge in [-0.3, -0.25) is 0 Å². The van der Waals surface area contributed by atoms with Crippen LogP contribution in [-0.4, -0.2) is 46.3 Å². The van der Waals surface area contributed by atoms with Gasteiger partial charge >= 0.3 is 0 Å². The van der Waals surface area contributed by atoms with Crippen LogP contribution in [0.4, 0.5) is 5.82 Å². The van der Waals surface area contributed by atoms with Crippen molar-refractivity contribution < 1.29 is 8.42 Å². The van der Waals surface area contributed by atoms with Gasteiger partial charge in [0.25, 0.3) is 0 Å². The zero-order chi connectivity index (χ0) is 12.5. The molecule has 2 heterocycles. The lowest BCUT2D eigenvalue weighted by molar-refractivity contribution is 0.579. The van der Waals surface area contributed by atoms with Crippen molar-refractivity contribution in [3.05, 3.63) is 5.15 Å². The number of hydrogen-bond acceptors (Lipinski definition) is 7. The van der Waals surface area contributed by atoms with E-state index in [0.717, 1.165) is 17.5 Å². The lowest BCUT2D eigenvalue weighted by atomic mass is 10.5. The number of nitrogens with zero attached hydrogens (tertiary/aromatic N) is 3. The molecule has 0 aromatic carbocycles. The number of sulfone groups is 1. The Morgan fingerprint density at radius 3 is 2.88 bits per heavy atom. The van der Waals surface area contributed by atoms with Crippen LogP contribution in [0.3, 0.4) is 0 Å². The first-order chi connectivity index (χ1) is 8.06. The molecular formula is C8H12ClN3O2S3. The third-order valence-electron chi connectivity index (χ3n) is 2.61. The molecule has 2 rings (SSSR count). The number of aromatic nitrogens is 2. The second kappa shape index (κ2) is 5.29. The molecule has 17 heavy (non-hydrogen) atoms. The van der Waals surface area contributed by atoms with E-state index in [2.05, 4.69) is 8.75 Å². The van der Waals surface area contributed by atoms with Crippen molar-refractivity contribution in [2.24, 2.45) is 0 Å². The van der Waals surface area contributed by atoms with E-state index < -0.39 is 15.2 Å². The zero-order valence-electron chi connectivity index (χ0n) is 9.17. The fourth-order valence-electron chi connectivity index (χ4n) is 1.66. The number of anilines is 1. The molecule has 96 valence electrons. The lowest BCUT2D eigenvalue weighted by Gasteiger charge is -2.34. The van der Waals surface area contributed by atoms with E-state index in [1.54, 1.807) is 23.6 Å². The van der Waals surface area contributed by atoms with Crippen LogP contribution >= 0.6 is 35.1 Å². The van der Waals surface area contributed by atoms with Gasteiger partial charge in [-0.05, 0) is 0 Å². The van der Waals surface area contributed by atoms with Crippen molar-refractivity contribution in [3.8, 4) is 0 Å². The Balaban J connectivity index is 2.34. The maximum Gasteiger partial charge on any atom is 0.187 e. The van der Waals surface area contributed by atoms with E-state index in [1.165, 1.54) is 0 Å². The van der Waals surface area contributed by atoms with E-state index in [9.17, 15) is 8.42 Å². The van der Waals surface area contributed by atoms with Crippen LogP contribution in [0.1, 0.15) is 6.92 Å². The molecule has 0 bridgehead atoms. The highest BCUT2D eigenvalue weighted by atomic mass is 35.5. The van der Waals surface area contributed by atoms with Crippen LogP contribution in [0, 0.1) is 0 Å². The Labute approximate surface area is 114 Å². The van der Waals surface area contributed by atoms with E-state index in [-0.39, 0.29) is 5.75 Å². The van der Waals surface area contributed by atoms with Gasteiger partial charge in [0.05, 0.1) is 11.7 Å². The third-order valence-corrected chi connectivity index (χ3v) is 6.77. The molecule has 0 radical (unpaired) electrons. The predicted octanol–water partition coefficient (Wildman–Crippen LogP) is 1.51. The first-order valence-corrected chi connectivity index (χ1v) is 9.08. The molecule has 1 aromatic heterocycles. The number of rotatable bonds is 3. The minimum Gasteiger partial charge on any atom is -0.335 e. The standard InChI is InChI=1S/C8H12ClN3O2S3/c1-2-17(13,14)6-5-15-4-3-12(6)8-7(9)10-16-11-8/h6H,2-5H2,1H3. The number of thioether (sulfide) groups is 1. The summed E-state index contributed by atoms with van der Waals surface area (Å²) in [5, 5.41) is -0.245. The van der Waals surface area contributed by atoms with Gasteiger partial charge in [-0.15, -0.1) is 0 Å². The van der Waals surface area contributed by atoms with Crippen molar-refractivity contribution in [2.75, 3.05) is 28.7 Å². The molecular weight excluding hydrogens is 302 g/mol. The van der Waals surface area contributed by atoms with Crippen molar-refractivity contribution in [2.45, 2.75) is 12.3 Å². The molecule has 0 spiro atoms. The van der Waals surface area contributed by atoms with Gasteiger partial charge in [0.1, 0.15) is 5.37 Å². The summed E-state index contributed by atoms with van der Waals surface area (Å²) in [7, 11) is -3.13. The average molecular weight is 314 g/mol. The summed E-state index contributed by atoms with van der Waals surface area (Å²) in [6.45, 7) is 2.30. The third kappa shape index (κ3) is 2.69. The molecule has 0 saturated carbocycles. The van der Waals surface area contributed by atoms with Gasteiger partial charge in [0.2, 0.25) is 0 Å². The maximum absolute atomic E-state index is 12.0. The van der Waals surface area contributed by atoms with Crippen molar-refractivity contribution in [1.82, 2.24) is 8.75 Å². The molecule has 1 aromatic rings. The SMILES string of the molecule is CCS(=O)(=O)C1CSCCN1c1nsnc1Cl. The minimum atomic E-state index is -3.13. The molecule has 1 aliphatic heterocycles. The Morgan fingerprint density at radius 2 is 2.29 bits per heavy atom. The number of hydrogen-bond donors (Lipinski definition) is 0. The monoisotopic (exact) mass is 313 g/mol. The topological polar surface area (TPSA) is 63.2 Å².